The van der Waals surface area contributed by atoms with Crippen LogP contribution in [0.15, 0.2) is 0 Å². The van der Waals surface area contributed by atoms with E-state index in [0.717, 1.165) is 19.5 Å². The van der Waals surface area contributed by atoms with Gasteiger partial charge < -0.3 is 10.1 Å². The lowest BCUT2D eigenvalue weighted by Crippen LogP contribution is -2.47. The predicted octanol–water partition coefficient (Wildman–Crippen LogP) is 1.96. The van der Waals surface area contributed by atoms with Crippen LogP contribution in [0.1, 0.15) is 41.0 Å². The van der Waals surface area contributed by atoms with Crippen LogP contribution in [0, 0.1) is 11.3 Å². The number of hydrogen-bond donors (Lipinski definition) is 1. The highest BCUT2D eigenvalue weighted by molar-refractivity contribution is 5.74. The van der Waals surface area contributed by atoms with E-state index in [0.29, 0.717) is 0 Å². The molecule has 0 aromatic carbocycles. The molecule has 3 nitrogen and oxygen atoms in total. The zero-order chi connectivity index (χ0) is 11.7. The topological polar surface area (TPSA) is 38.3 Å². The van der Waals surface area contributed by atoms with Crippen molar-refractivity contribution in [1.29, 1.82) is 0 Å². The van der Waals surface area contributed by atoms with Gasteiger partial charge in [0.1, 0.15) is 5.60 Å². The number of carbonyl (C=O) groups excluding carboxylic acids is 1. The molecule has 0 amide bonds. The summed E-state index contributed by atoms with van der Waals surface area (Å²) < 4.78 is 5.45. The first-order valence-electron chi connectivity index (χ1n) is 5.66. The van der Waals surface area contributed by atoms with Crippen LogP contribution in [-0.2, 0) is 9.53 Å². The normalized spacial score (nSPS) is 26.1. The van der Waals surface area contributed by atoms with Gasteiger partial charge in [0.2, 0.25) is 0 Å². The minimum Gasteiger partial charge on any atom is -0.460 e. The lowest BCUT2D eigenvalue weighted by molar-refractivity contribution is -0.165. The van der Waals surface area contributed by atoms with E-state index >= 15 is 0 Å². The van der Waals surface area contributed by atoms with Gasteiger partial charge in [0.15, 0.2) is 0 Å². The SMILES string of the molecule is CC(C)(C)OC(=O)C1CCNCC1(C)C. The van der Waals surface area contributed by atoms with Gasteiger partial charge in [-0.2, -0.15) is 0 Å². The highest BCUT2D eigenvalue weighted by atomic mass is 16.6. The third-order valence-corrected chi connectivity index (χ3v) is 2.83. The predicted molar refractivity (Wildman–Crippen MR) is 60.6 cm³/mol. The second-order valence-corrected chi connectivity index (χ2v) is 6.04. The molecule has 1 atom stereocenters. The van der Waals surface area contributed by atoms with Gasteiger partial charge in [0.05, 0.1) is 5.92 Å². The van der Waals surface area contributed by atoms with Crippen LogP contribution in [-0.4, -0.2) is 24.7 Å². The average molecular weight is 213 g/mol. The van der Waals surface area contributed by atoms with Crippen LogP contribution in [0.5, 0.6) is 0 Å². The Morgan fingerprint density at radius 3 is 2.47 bits per heavy atom. The Bertz CT molecular complexity index is 240. The van der Waals surface area contributed by atoms with Gasteiger partial charge in [-0.3, -0.25) is 4.79 Å². The summed E-state index contributed by atoms with van der Waals surface area (Å²) in [4.78, 5) is 12.0. The van der Waals surface area contributed by atoms with E-state index in [2.05, 4.69) is 19.2 Å². The van der Waals surface area contributed by atoms with E-state index < -0.39 is 0 Å². The van der Waals surface area contributed by atoms with Crippen LogP contribution in [0.25, 0.3) is 0 Å². The monoisotopic (exact) mass is 213 g/mol. The number of ether oxygens (including phenoxy) is 1. The molecule has 0 aromatic rings. The van der Waals surface area contributed by atoms with Gasteiger partial charge in [0, 0.05) is 6.54 Å². The molecule has 0 aliphatic carbocycles. The van der Waals surface area contributed by atoms with Crippen molar-refractivity contribution >= 4 is 5.97 Å². The van der Waals surface area contributed by atoms with Crippen molar-refractivity contribution in [1.82, 2.24) is 5.32 Å². The van der Waals surface area contributed by atoms with Crippen molar-refractivity contribution in [3.8, 4) is 0 Å². The highest BCUT2D eigenvalue weighted by Gasteiger charge is 2.39. The van der Waals surface area contributed by atoms with Crippen molar-refractivity contribution in [3.05, 3.63) is 0 Å². The van der Waals surface area contributed by atoms with E-state index in [9.17, 15) is 4.79 Å². The standard InChI is InChI=1S/C12H23NO2/c1-11(2,3)15-10(14)9-6-7-13-8-12(9,4)5/h9,13H,6-8H2,1-5H3. The fourth-order valence-corrected chi connectivity index (χ4v) is 1.98. The molecule has 88 valence electrons. The molecule has 1 unspecified atom stereocenters. The first-order valence-corrected chi connectivity index (χ1v) is 5.66. The second kappa shape index (κ2) is 4.12. The molecule has 1 aliphatic rings. The van der Waals surface area contributed by atoms with Gasteiger partial charge in [-0.1, -0.05) is 13.8 Å². The summed E-state index contributed by atoms with van der Waals surface area (Å²) in [5.41, 5.74) is -0.376. The Labute approximate surface area is 92.6 Å². The van der Waals surface area contributed by atoms with Crippen molar-refractivity contribution in [2.75, 3.05) is 13.1 Å². The maximum atomic E-state index is 12.0. The number of carbonyl (C=O) groups is 1. The van der Waals surface area contributed by atoms with Crippen molar-refractivity contribution in [3.63, 3.8) is 0 Å². The van der Waals surface area contributed by atoms with Gasteiger partial charge >= 0.3 is 5.97 Å². The first-order chi connectivity index (χ1) is 6.72. The largest absolute Gasteiger partial charge is 0.460 e. The Hall–Kier alpha value is -0.570. The summed E-state index contributed by atoms with van der Waals surface area (Å²) >= 11 is 0. The molecule has 0 saturated carbocycles. The fraction of sp³-hybridized carbons (Fsp3) is 0.917. The molecule has 1 aliphatic heterocycles. The van der Waals surface area contributed by atoms with Crippen LogP contribution in [0.4, 0.5) is 0 Å². The molecule has 1 heterocycles. The average Bonchev–Trinajstić information content (AvgIpc) is 1.99. The molecule has 0 radical (unpaired) electrons. The maximum Gasteiger partial charge on any atom is 0.310 e. The van der Waals surface area contributed by atoms with Crippen LogP contribution in [0.3, 0.4) is 0 Å². The quantitative estimate of drug-likeness (QED) is 0.677. The zero-order valence-electron chi connectivity index (χ0n) is 10.5. The summed E-state index contributed by atoms with van der Waals surface area (Å²) in [5, 5.41) is 3.31. The Morgan fingerprint density at radius 1 is 1.40 bits per heavy atom. The van der Waals surface area contributed by atoms with E-state index in [4.69, 9.17) is 4.74 Å². The number of nitrogens with one attached hydrogen (secondary N) is 1. The van der Waals surface area contributed by atoms with Gasteiger partial charge in [-0.25, -0.2) is 0 Å². The van der Waals surface area contributed by atoms with Crippen molar-refractivity contribution < 1.29 is 9.53 Å². The third-order valence-electron chi connectivity index (χ3n) is 2.83. The van der Waals surface area contributed by atoms with Crippen LogP contribution in [0.2, 0.25) is 0 Å². The zero-order valence-corrected chi connectivity index (χ0v) is 10.5. The van der Waals surface area contributed by atoms with E-state index in [1.807, 2.05) is 20.8 Å². The number of esters is 1. The second-order valence-electron chi connectivity index (χ2n) is 6.04. The van der Waals surface area contributed by atoms with Crippen molar-refractivity contribution in [2.45, 2.75) is 46.6 Å². The Morgan fingerprint density at radius 2 is 2.00 bits per heavy atom. The van der Waals surface area contributed by atoms with E-state index in [-0.39, 0.29) is 22.9 Å². The van der Waals surface area contributed by atoms with Gasteiger partial charge in [-0.15, -0.1) is 0 Å². The number of hydrogen-bond acceptors (Lipinski definition) is 3. The smallest absolute Gasteiger partial charge is 0.310 e. The summed E-state index contributed by atoms with van der Waals surface area (Å²) in [6.45, 7) is 11.8. The summed E-state index contributed by atoms with van der Waals surface area (Å²) in [6, 6.07) is 0. The Kier molecular flexibility index (Phi) is 3.44. The molecular formula is C12H23NO2. The van der Waals surface area contributed by atoms with E-state index in [1.54, 1.807) is 0 Å². The molecule has 15 heavy (non-hydrogen) atoms. The summed E-state index contributed by atoms with van der Waals surface area (Å²) in [6.07, 6.45) is 0.877. The first kappa shape index (κ1) is 12.5. The van der Waals surface area contributed by atoms with Gasteiger partial charge in [0.25, 0.3) is 0 Å². The van der Waals surface area contributed by atoms with E-state index in [1.165, 1.54) is 0 Å². The third kappa shape index (κ3) is 3.49. The molecule has 1 rings (SSSR count). The minimum absolute atomic E-state index is 0.000579. The fourth-order valence-electron chi connectivity index (χ4n) is 1.98. The number of rotatable bonds is 1. The minimum atomic E-state index is -0.377. The Balaban J connectivity index is 2.65. The van der Waals surface area contributed by atoms with Crippen LogP contribution < -0.4 is 5.32 Å². The molecule has 3 heteroatoms. The molecule has 1 fully saturated rings. The van der Waals surface area contributed by atoms with Gasteiger partial charge in [-0.05, 0) is 39.2 Å². The molecular weight excluding hydrogens is 190 g/mol. The molecule has 0 spiro atoms. The molecule has 1 saturated heterocycles. The number of piperidine rings is 1. The molecule has 1 N–H and O–H groups in total. The highest BCUT2D eigenvalue weighted by Crippen LogP contribution is 2.33. The lowest BCUT2D eigenvalue weighted by atomic mass is 9.74. The summed E-state index contributed by atoms with van der Waals surface area (Å²) in [7, 11) is 0. The molecule has 0 bridgehead atoms. The summed E-state index contributed by atoms with van der Waals surface area (Å²) in [5.74, 6) is -0.0213. The maximum absolute atomic E-state index is 12.0. The lowest BCUT2D eigenvalue weighted by Gasteiger charge is -2.38. The van der Waals surface area contributed by atoms with Crippen LogP contribution >= 0.6 is 0 Å². The molecule has 0 aromatic heterocycles. The van der Waals surface area contributed by atoms with Crippen molar-refractivity contribution in [2.24, 2.45) is 11.3 Å².